The number of benzene rings is 1. The monoisotopic (exact) mass is 272 g/mol. The van der Waals surface area contributed by atoms with E-state index in [9.17, 15) is 4.79 Å². The van der Waals surface area contributed by atoms with Gasteiger partial charge in [-0.05, 0) is 23.6 Å². The smallest absolute Gasteiger partial charge is 0.251 e. The molecule has 0 radical (unpaired) electrons. The molecule has 0 saturated carbocycles. The van der Waals surface area contributed by atoms with Gasteiger partial charge in [0.1, 0.15) is 0 Å². The number of amides is 1. The van der Waals surface area contributed by atoms with Gasteiger partial charge in [-0.3, -0.25) is 4.79 Å². The first-order chi connectivity index (χ1) is 7.75. The highest BCUT2D eigenvalue weighted by Crippen LogP contribution is 2.33. The van der Waals surface area contributed by atoms with Crippen molar-refractivity contribution in [1.29, 1.82) is 0 Å². The largest absolute Gasteiger partial charge is 0.352 e. The zero-order valence-electron chi connectivity index (χ0n) is 9.20. The molecule has 5 heteroatoms. The first kappa shape index (κ1) is 12.7. The normalized spacial score (nSPS) is 26.3. The van der Waals surface area contributed by atoms with Crippen LogP contribution in [0.2, 0.25) is 5.02 Å². The first-order valence-corrected chi connectivity index (χ1v) is 5.92. The van der Waals surface area contributed by atoms with Crippen LogP contribution in [0, 0.1) is 5.92 Å². The highest BCUT2D eigenvalue weighted by molar-refractivity contribution is 6.31. The molecule has 0 bridgehead atoms. The molecule has 92 valence electrons. The van der Waals surface area contributed by atoms with Gasteiger partial charge in [0.2, 0.25) is 0 Å². The second kappa shape index (κ2) is 4.84. The lowest BCUT2D eigenvalue weighted by Gasteiger charge is -2.16. The maximum absolute atomic E-state index is 11.9. The van der Waals surface area contributed by atoms with Gasteiger partial charge in [-0.1, -0.05) is 17.7 Å². The molecule has 2 atom stereocenters. The number of hydrogen-bond donors (Lipinski definition) is 2. The van der Waals surface area contributed by atoms with Gasteiger partial charge < -0.3 is 10.6 Å². The molecule has 1 saturated heterocycles. The molecule has 0 unspecified atom stereocenters. The molecule has 0 spiro atoms. The minimum absolute atomic E-state index is 0. The van der Waals surface area contributed by atoms with Crippen LogP contribution in [-0.4, -0.2) is 25.5 Å². The summed E-state index contributed by atoms with van der Waals surface area (Å²) in [4.78, 5) is 11.9. The number of halogens is 2. The lowest BCUT2D eigenvalue weighted by atomic mass is 9.87. The first-order valence-electron chi connectivity index (χ1n) is 5.54. The van der Waals surface area contributed by atoms with E-state index < -0.39 is 0 Å². The van der Waals surface area contributed by atoms with E-state index in [1.54, 1.807) is 6.07 Å². The Hall–Kier alpha value is -0.770. The minimum Gasteiger partial charge on any atom is -0.352 e. The molecule has 1 fully saturated rings. The Bertz CT molecular complexity index is 450. The third-order valence-electron chi connectivity index (χ3n) is 3.52. The lowest BCUT2D eigenvalue weighted by Crippen LogP contribution is -2.28. The second-order valence-corrected chi connectivity index (χ2v) is 4.90. The van der Waals surface area contributed by atoms with E-state index in [2.05, 4.69) is 10.6 Å². The number of fused-ring (bicyclic) bond motifs is 3. The maximum atomic E-state index is 11.9. The summed E-state index contributed by atoms with van der Waals surface area (Å²) in [5, 5.41) is 6.96. The van der Waals surface area contributed by atoms with Gasteiger partial charge in [0, 0.05) is 36.1 Å². The van der Waals surface area contributed by atoms with Crippen molar-refractivity contribution in [1.82, 2.24) is 10.6 Å². The third kappa shape index (κ3) is 2.15. The molecule has 1 amide bonds. The number of hydrogen-bond acceptors (Lipinski definition) is 2. The molecular formula is C12H14Cl2N2O. The van der Waals surface area contributed by atoms with Crippen molar-refractivity contribution in [2.45, 2.75) is 5.92 Å². The fourth-order valence-electron chi connectivity index (χ4n) is 2.68. The maximum Gasteiger partial charge on any atom is 0.251 e. The molecule has 2 aliphatic rings. The zero-order chi connectivity index (χ0) is 11.1. The van der Waals surface area contributed by atoms with E-state index in [4.69, 9.17) is 11.6 Å². The predicted octanol–water partition coefficient (Wildman–Crippen LogP) is 1.81. The standard InChI is InChI=1S/C12H13ClN2O.ClH/c13-8-1-2-9-10(3-8)12(16)15-5-7-4-14-6-11(7)9;/h1-3,7,11,14H,4-6H2,(H,15,16);1H/t7-,11+;/m1./s1. The van der Waals surface area contributed by atoms with Gasteiger partial charge in [0.05, 0.1) is 0 Å². The average Bonchev–Trinajstić information content (AvgIpc) is 2.69. The summed E-state index contributed by atoms with van der Waals surface area (Å²) in [6, 6.07) is 5.63. The molecule has 1 aromatic rings. The Balaban J connectivity index is 0.00000108. The topological polar surface area (TPSA) is 41.1 Å². The van der Waals surface area contributed by atoms with Gasteiger partial charge in [0.25, 0.3) is 5.91 Å². The van der Waals surface area contributed by atoms with Crippen molar-refractivity contribution < 1.29 is 4.79 Å². The summed E-state index contributed by atoms with van der Waals surface area (Å²) < 4.78 is 0. The fraction of sp³-hybridized carbons (Fsp3) is 0.417. The average molecular weight is 273 g/mol. The molecular weight excluding hydrogens is 259 g/mol. The Morgan fingerprint density at radius 3 is 2.88 bits per heavy atom. The van der Waals surface area contributed by atoms with E-state index in [0.29, 0.717) is 16.9 Å². The molecule has 0 aliphatic carbocycles. The molecule has 2 N–H and O–H groups in total. The highest BCUT2D eigenvalue weighted by Gasteiger charge is 2.34. The van der Waals surface area contributed by atoms with Crippen LogP contribution < -0.4 is 10.6 Å². The van der Waals surface area contributed by atoms with E-state index in [1.165, 1.54) is 0 Å². The van der Waals surface area contributed by atoms with Crippen LogP contribution in [0.5, 0.6) is 0 Å². The summed E-state index contributed by atoms with van der Waals surface area (Å²) in [7, 11) is 0. The molecule has 1 aromatic carbocycles. The van der Waals surface area contributed by atoms with Crippen molar-refractivity contribution in [2.24, 2.45) is 5.92 Å². The van der Waals surface area contributed by atoms with E-state index in [-0.39, 0.29) is 18.3 Å². The van der Waals surface area contributed by atoms with Gasteiger partial charge in [-0.25, -0.2) is 0 Å². The molecule has 17 heavy (non-hydrogen) atoms. The zero-order valence-corrected chi connectivity index (χ0v) is 10.8. The molecule has 2 aliphatic heterocycles. The van der Waals surface area contributed by atoms with Crippen molar-refractivity contribution in [2.75, 3.05) is 19.6 Å². The fourth-order valence-corrected chi connectivity index (χ4v) is 2.85. The van der Waals surface area contributed by atoms with E-state index >= 15 is 0 Å². The molecule has 2 heterocycles. The van der Waals surface area contributed by atoms with Crippen LogP contribution in [-0.2, 0) is 0 Å². The summed E-state index contributed by atoms with van der Waals surface area (Å²) in [5.74, 6) is 0.949. The number of carbonyl (C=O) groups excluding carboxylic acids is 1. The van der Waals surface area contributed by atoms with Gasteiger partial charge in [-0.15, -0.1) is 12.4 Å². The van der Waals surface area contributed by atoms with Gasteiger partial charge in [-0.2, -0.15) is 0 Å². The lowest BCUT2D eigenvalue weighted by molar-refractivity contribution is 0.0952. The van der Waals surface area contributed by atoms with Crippen LogP contribution in [0.3, 0.4) is 0 Å². The Labute approximate surface area is 111 Å². The van der Waals surface area contributed by atoms with E-state index in [0.717, 1.165) is 30.8 Å². The van der Waals surface area contributed by atoms with Crippen LogP contribution in [0.15, 0.2) is 18.2 Å². The van der Waals surface area contributed by atoms with E-state index in [1.807, 2.05) is 12.1 Å². The number of rotatable bonds is 0. The van der Waals surface area contributed by atoms with Crippen LogP contribution >= 0.6 is 24.0 Å². The minimum atomic E-state index is 0. The van der Waals surface area contributed by atoms with Gasteiger partial charge >= 0.3 is 0 Å². The summed E-state index contributed by atoms with van der Waals surface area (Å²) in [5.41, 5.74) is 1.87. The Morgan fingerprint density at radius 1 is 1.24 bits per heavy atom. The quantitative estimate of drug-likeness (QED) is 0.757. The summed E-state index contributed by atoms with van der Waals surface area (Å²) in [6.07, 6.45) is 0. The molecule has 0 aromatic heterocycles. The second-order valence-electron chi connectivity index (χ2n) is 4.47. The van der Waals surface area contributed by atoms with Crippen LogP contribution in [0.1, 0.15) is 21.8 Å². The van der Waals surface area contributed by atoms with Crippen molar-refractivity contribution in [3.8, 4) is 0 Å². The van der Waals surface area contributed by atoms with Gasteiger partial charge in [0.15, 0.2) is 0 Å². The molecule has 3 nitrogen and oxygen atoms in total. The predicted molar refractivity (Wildman–Crippen MR) is 70.1 cm³/mol. The Kier molecular flexibility index (Phi) is 3.61. The summed E-state index contributed by atoms with van der Waals surface area (Å²) in [6.45, 7) is 2.68. The van der Waals surface area contributed by atoms with Crippen molar-refractivity contribution in [3.63, 3.8) is 0 Å². The number of carbonyl (C=O) groups is 1. The van der Waals surface area contributed by atoms with Crippen molar-refractivity contribution in [3.05, 3.63) is 34.3 Å². The Morgan fingerprint density at radius 2 is 2.06 bits per heavy atom. The number of nitrogens with one attached hydrogen (secondary N) is 2. The third-order valence-corrected chi connectivity index (χ3v) is 3.76. The summed E-state index contributed by atoms with van der Waals surface area (Å²) >= 11 is 5.94. The van der Waals surface area contributed by atoms with Crippen LogP contribution in [0.25, 0.3) is 0 Å². The SMILES string of the molecule is Cl.O=C1NC[C@H]2CNC[C@@H]2c2ccc(Cl)cc21. The highest BCUT2D eigenvalue weighted by atomic mass is 35.5. The molecule has 3 rings (SSSR count). The van der Waals surface area contributed by atoms with Crippen LogP contribution in [0.4, 0.5) is 0 Å². The van der Waals surface area contributed by atoms with Crippen molar-refractivity contribution >= 4 is 29.9 Å².